The average molecular weight is 399 g/mol. The molecule has 29 heavy (non-hydrogen) atoms. The lowest BCUT2D eigenvalue weighted by Crippen LogP contribution is -2.66. The zero-order valence-corrected chi connectivity index (χ0v) is 17.6. The molecule has 1 aromatic heterocycles. The summed E-state index contributed by atoms with van der Waals surface area (Å²) in [7, 11) is 4.36. The number of aliphatic hydroxyl groups is 1. The van der Waals surface area contributed by atoms with Gasteiger partial charge in [-0.2, -0.15) is 0 Å². The van der Waals surface area contributed by atoms with Crippen LogP contribution in [0.15, 0.2) is 24.3 Å². The Kier molecular flexibility index (Phi) is 4.32. The summed E-state index contributed by atoms with van der Waals surface area (Å²) in [6, 6.07) is 9.15. The highest BCUT2D eigenvalue weighted by molar-refractivity contribution is 5.86. The number of hydrogen-bond donors (Lipinski definition) is 1. The van der Waals surface area contributed by atoms with E-state index in [9.17, 15) is 9.90 Å². The van der Waals surface area contributed by atoms with Crippen LogP contribution in [0.25, 0.3) is 10.9 Å². The van der Waals surface area contributed by atoms with Crippen molar-refractivity contribution in [1.29, 1.82) is 0 Å². The van der Waals surface area contributed by atoms with Gasteiger partial charge in [-0.15, -0.1) is 0 Å². The van der Waals surface area contributed by atoms with E-state index < -0.39 is 5.60 Å². The predicted octanol–water partition coefficient (Wildman–Crippen LogP) is 2.42. The normalized spacial score (nSPS) is 36.5. The van der Waals surface area contributed by atoms with Crippen LogP contribution in [0.2, 0.25) is 0 Å². The predicted molar refractivity (Wildman–Crippen MR) is 110 cm³/mol. The van der Waals surface area contributed by atoms with Crippen LogP contribution in [0.5, 0.6) is 0 Å². The summed E-state index contributed by atoms with van der Waals surface area (Å²) in [5.74, 6) is -0.125. The van der Waals surface area contributed by atoms with Crippen molar-refractivity contribution in [2.75, 3.05) is 20.3 Å². The third-order valence-electron chi connectivity index (χ3n) is 7.88. The molecule has 6 atom stereocenters. The highest BCUT2D eigenvalue weighted by Crippen LogP contribution is 2.53. The third kappa shape index (κ3) is 2.62. The first-order valence-electron chi connectivity index (χ1n) is 10.6. The molecule has 0 amide bonds. The minimum absolute atomic E-state index is 0.00418. The third-order valence-corrected chi connectivity index (χ3v) is 7.88. The molecule has 2 saturated heterocycles. The quantitative estimate of drug-likeness (QED) is 0.788. The van der Waals surface area contributed by atoms with Crippen molar-refractivity contribution in [1.82, 2.24) is 9.47 Å². The maximum Gasteiger partial charge on any atom is 0.302 e. The molecule has 0 saturated carbocycles. The summed E-state index contributed by atoms with van der Waals surface area (Å²) in [6.07, 6.45) is 1.42. The minimum atomic E-state index is -1.16. The minimum Gasteiger partial charge on any atom is -0.463 e. The number of hydrogen-bond acceptors (Lipinski definition) is 5. The van der Waals surface area contributed by atoms with Crippen LogP contribution in [0.1, 0.15) is 37.6 Å². The molecule has 2 fully saturated rings. The largest absolute Gasteiger partial charge is 0.463 e. The van der Waals surface area contributed by atoms with E-state index in [1.54, 1.807) is 0 Å². The summed E-state index contributed by atoms with van der Waals surface area (Å²) in [5, 5.41) is 13.0. The molecule has 2 aromatic rings. The van der Waals surface area contributed by atoms with Gasteiger partial charge in [0.15, 0.2) is 0 Å². The van der Waals surface area contributed by atoms with Crippen molar-refractivity contribution >= 4 is 16.9 Å². The van der Waals surface area contributed by atoms with Crippen molar-refractivity contribution in [3.05, 3.63) is 35.5 Å². The van der Waals surface area contributed by atoms with Crippen molar-refractivity contribution in [3.63, 3.8) is 0 Å². The molecule has 5 rings (SSSR count). The number of nitrogens with zero attached hydrogens (tertiary/aromatic N) is 2. The van der Waals surface area contributed by atoms with Crippen LogP contribution >= 0.6 is 0 Å². The number of benzene rings is 1. The van der Waals surface area contributed by atoms with Gasteiger partial charge < -0.3 is 19.1 Å². The number of fused-ring (bicyclic) bond motifs is 8. The van der Waals surface area contributed by atoms with E-state index in [0.29, 0.717) is 12.6 Å². The van der Waals surface area contributed by atoms with Crippen molar-refractivity contribution in [2.45, 2.75) is 50.5 Å². The summed E-state index contributed by atoms with van der Waals surface area (Å²) in [6.45, 7) is 3.92. The number of aryl methyl sites for hydroxylation is 1. The van der Waals surface area contributed by atoms with Crippen molar-refractivity contribution < 1.29 is 19.4 Å². The molecule has 6 nitrogen and oxygen atoms in total. The van der Waals surface area contributed by atoms with Gasteiger partial charge in [0.2, 0.25) is 0 Å². The summed E-state index contributed by atoms with van der Waals surface area (Å²) >= 11 is 0. The second kappa shape index (κ2) is 6.56. The van der Waals surface area contributed by atoms with E-state index in [1.807, 2.05) is 6.92 Å². The molecule has 3 aliphatic rings. The topological polar surface area (TPSA) is 63.9 Å². The van der Waals surface area contributed by atoms with Crippen LogP contribution in [-0.2, 0) is 27.7 Å². The fraction of sp³-hybridized carbons (Fsp3) is 0.609. The number of carbonyl (C=O) groups excluding carboxylic acids is 1. The number of piperidine rings is 1. The van der Waals surface area contributed by atoms with E-state index in [2.05, 4.69) is 47.8 Å². The zero-order valence-electron chi connectivity index (χ0n) is 17.6. The highest BCUT2D eigenvalue weighted by atomic mass is 16.6. The summed E-state index contributed by atoms with van der Waals surface area (Å²) in [4.78, 5) is 13.9. The van der Waals surface area contributed by atoms with Crippen LogP contribution < -0.4 is 0 Å². The molecule has 4 heterocycles. The van der Waals surface area contributed by atoms with Gasteiger partial charge in [-0.3, -0.25) is 9.69 Å². The van der Waals surface area contributed by atoms with Crippen molar-refractivity contribution in [2.24, 2.45) is 18.9 Å². The number of carbonyl (C=O) groups is 1. The van der Waals surface area contributed by atoms with E-state index >= 15 is 0 Å². The van der Waals surface area contributed by atoms with Gasteiger partial charge in [0.1, 0.15) is 12.2 Å². The molecule has 0 spiro atoms. The fourth-order valence-corrected chi connectivity index (χ4v) is 6.27. The Hall–Kier alpha value is -1.89. The molecular formula is C23H30N2O4. The van der Waals surface area contributed by atoms with Gasteiger partial charge in [0.25, 0.3) is 0 Å². The molecule has 0 radical (unpaired) electrons. The van der Waals surface area contributed by atoms with Crippen LogP contribution in [0.3, 0.4) is 0 Å². The zero-order chi connectivity index (χ0) is 20.5. The van der Waals surface area contributed by atoms with E-state index in [-0.39, 0.29) is 36.6 Å². The first-order valence-corrected chi connectivity index (χ1v) is 10.6. The number of rotatable bonds is 2. The van der Waals surface area contributed by atoms with Crippen molar-refractivity contribution in [3.8, 4) is 0 Å². The van der Waals surface area contributed by atoms with Gasteiger partial charge >= 0.3 is 5.97 Å². The Labute approximate surface area is 171 Å². The molecule has 2 bridgehead atoms. The van der Waals surface area contributed by atoms with E-state index in [0.717, 1.165) is 12.8 Å². The first-order chi connectivity index (χ1) is 13.8. The Morgan fingerprint density at radius 2 is 2.10 bits per heavy atom. The van der Waals surface area contributed by atoms with Gasteiger partial charge in [-0.25, -0.2) is 0 Å². The molecule has 6 heteroatoms. The monoisotopic (exact) mass is 398 g/mol. The van der Waals surface area contributed by atoms with Gasteiger partial charge in [-0.1, -0.05) is 18.2 Å². The number of likely N-dealkylation sites (N-methyl/N-ethyl adjacent to an activating group) is 1. The van der Waals surface area contributed by atoms with Crippen LogP contribution in [0.4, 0.5) is 0 Å². The smallest absolute Gasteiger partial charge is 0.302 e. The maximum absolute atomic E-state index is 11.7. The average Bonchev–Trinajstić information content (AvgIpc) is 2.96. The molecule has 156 valence electrons. The highest BCUT2D eigenvalue weighted by Gasteiger charge is 2.58. The number of ether oxygens (including phenoxy) is 2. The number of esters is 1. The van der Waals surface area contributed by atoms with E-state index in [1.165, 1.54) is 29.1 Å². The van der Waals surface area contributed by atoms with E-state index in [4.69, 9.17) is 9.47 Å². The Balaban J connectivity index is 1.59. The van der Waals surface area contributed by atoms with Crippen LogP contribution in [0, 0.1) is 11.8 Å². The van der Waals surface area contributed by atoms with Gasteiger partial charge in [0.05, 0.1) is 18.8 Å². The molecule has 3 aliphatic heterocycles. The standard InChI is InChI=1S/C23H30N2O4/c1-13-23(27,12-29-14(2)26)18-10-21-22-16(9-20(24(21)3)17(18)11-28-13)15-7-5-6-8-19(15)25(22)4/h5-8,13,17-18,20-21,27H,9-12H2,1-4H3. The second-order valence-electron chi connectivity index (χ2n) is 9.15. The number of aromatic nitrogens is 1. The lowest BCUT2D eigenvalue weighted by atomic mass is 9.62. The molecule has 0 aliphatic carbocycles. The second-order valence-corrected chi connectivity index (χ2v) is 9.15. The Morgan fingerprint density at radius 1 is 1.34 bits per heavy atom. The maximum atomic E-state index is 11.7. The molecule has 1 aromatic carbocycles. The van der Waals surface area contributed by atoms with Gasteiger partial charge in [-0.05, 0) is 38.4 Å². The van der Waals surface area contributed by atoms with Crippen LogP contribution in [-0.4, -0.2) is 58.6 Å². The molecule has 1 N–H and O–H groups in total. The summed E-state index contributed by atoms with van der Waals surface area (Å²) < 4.78 is 13.7. The number of para-hydroxylation sites is 1. The van der Waals surface area contributed by atoms with Gasteiger partial charge in [0, 0.05) is 48.4 Å². The molecular weight excluding hydrogens is 368 g/mol. The first kappa shape index (κ1) is 19.1. The fourth-order valence-electron chi connectivity index (χ4n) is 6.27. The summed E-state index contributed by atoms with van der Waals surface area (Å²) in [5.41, 5.74) is 2.91. The molecule has 6 unspecified atom stereocenters. The SMILES string of the molecule is CC(=O)OCC1(O)C(C)OCC2C3Cc4c(n(C)c5ccccc45)C(CC21)N3C. The lowest BCUT2D eigenvalue weighted by Gasteiger charge is -2.58. The Morgan fingerprint density at radius 3 is 2.86 bits per heavy atom. The Bertz CT molecular complexity index is 969. The lowest BCUT2D eigenvalue weighted by molar-refractivity contribution is -0.242.